The molecule has 0 saturated heterocycles. The van der Waals surface area contributed by atoms with Crippen LogP contribution < -0.4 is 16.0 Å². The maximum atomic E-state index is 13.3. The van der Waals surface area contributed by atoms with E-state index in [1.165, 1.54) is 12.1 Å². The molecule has 0 bridgehead atoms. The van der Waals surface area contributed by atoms with Crippen molar-refractivity contribution in [2.45, 2.75) is 58.7 Å². The van der Waals surface area contributed by atoms with Crippen LogP contribution in [0.15, 0.2) is 59.6 Å². The Morgan fingerprint density at radius 3 is 2.09 bits per heavy atom. The summed E-state index contributed by atoms with van der Waals surface area (Å²) in [7, 11) is 1.63. The van der Waals surface area contributed by atoms with Gasteiger partial charge in [-0.25, -0.2) is 0 Å². The molecule has 0 spiro atoms. The lowest BCUT2D eigenvalue weighted by atomic mass is 9.99. The number of carbonyl (C=O) groups excluding carboxylic acids is 3. The van der Waals surface area contributed by atoms with Gasteiger partial charge in [0.1, 0.15) is 11.8 Å². The minimum absolute atomic E-state index is 0.133. The van der Waals surface area contributed by atoms with Gasteiger partial charge in [0.15, 0.2) is 0 Å². The summed E-state index contributed by atoms with van der Waals surface area (Å²) in [5, 5.41) is 18.8. The van der Waals surface area contributed by atoms with Crippen LogP contribution in [0, 0.1) is 5.92 Å². The third-order valence-electron chi connectivity index (χ3n) is 5.75. The fourth-order valence-electron chi connectivity index (χ4n) is 3.70. The van der Waals surface area contributed by atoms with E-state index in [9.17, 15) is 19.5 Å². The molecule has 8 heteroatoms. The number of amides is 3. The summed E-state index contributed by atoms with van der Waals surface area (Å²) in [6.45, 7) is 7.23. The van der Waals surface area contributed by atoms with Gasteiger partial charge in [-0.05, 0) is 31.0 Å². The number of rotatable bonds is 11. The molecule has 2 rings (SSSR count). The number of phenolic OH excluding ortho intramolecular Hbond substituents is 1. The summed E-state index contributed by atoms with van der Waals surface area (Å²) in [5.74, 6) is -1.46. The molecule has 0 saturated carbocycles. The Morgan fingerprint density at radius 2 is 1.51 bits per heavy atom. The molecule has 2 aromatic carbocycles. The summed E-state index contributed by atoms with van der Waals surface area (Å²) >= 11 is 0. The Balaban J connectivity index is 2.24. The Kier molecular flexibility index (Phi) is 10.5. The largest absolute Gasteiger partial charge is 0.507 e. The van der Waals surface area contributed by atoms with Crippen LogP contribution in [0.1, 0.15) is 50.0 Å². The van der Waals surface area contributed by atoms with Crippen LogP contribution >= 0.6 is 0 Å². The van der Waals surface area contributed by atoms with Crippen LogP contribution in [0.3, 0.4) is 0 Å². The predicted octanol–water partition coefficient (Wildman–Crippen LogP) is 2.86. The summed E-state index contributed by atoms with van der Waals surface area (Å²) < 4.78 is 0. The number of para-hydroxylation sites is 1. The van der Waals surface area contributed by atoms with Crippen LogP contribution in [0.4, 0.5) is 0 Å². The van der Waals surface area contributed by atoms with Crippen molar-refractivity contribution in [2.75, 3.05) is 7.05 Å². The molecular formula is C27H36N4O4. The number of hydrogen-bond acceptors (Lipinski definition) is 5. The molecule has 3 atom stereocenters. The number of aliphatic imine (C=N–C) groups is 1. The van der Waals surface area contributed by atoms with E-state index in [4.69, 9.17) is 0 Å². The first-order valence-corrected chi connectivity index (χ1v) is 11.9. The van der Waals surface area contributed by atoms with Crippen molar-refractivity contribution < 1.29 is 19.5 Å². The summed E-state index contributed by atoms with van der Waals surface area (Å²) in [6, 6.07) is 13.8. The lowest BCUT2D eigenvalue weighted by Gasteiger charge is -2.29. The first-order chi connectivity index (χ1) is 16.7. The van der Waals surface area contributed by atoms with Crippen molar-refractivity contribution >= 4 is 23.4 Å². The molecule has 8 nitrogen and oxygen atoms in total. The molecule has 0 radical (unpaired) electrons. The zero-order chi connectivity index (χ0) is 26.0. The van der Waals surface area contributed by atoms with Crippen LogP contribution in [0.25, 0.3) is 0 Å². The molecule has 35 heavy (non-hydrogen) atoms. The van der Waals surface area contributed by atoms with E-state index in [2.05, 4.69) is 20.9 Å². The zero-order valence-electron chi connectivity index (χ0n) is 21.0. The fourth-order valence-corrected chi connectivity index (χ4v) is 3.70. The molecule has 188 valence electrons. The summed E-state index contributed by atoms with van der Waals surface area (Å²) in [4.78, 5) is 42.9. The average Bonchev–Trinajstić information content (AvgIpc) is 2.84. The second kappa shape index (κ2) is 13.3. The number of hydrogen-bond donors (Lipinski definition) is 4. The van der Waals surface area contributed by atoms with E-state index in [-0.39, 0.29) is 29.0 Å². The number of aromatic hydroxyl groups is 1. The van der Waals surface area contributed by atoms with E-state index in [1.54, 1.807) is 40.0 Å². The first-order valence-electron chi connectivity index (χ1n) is 11.9. The maximum Gasteiger partial charge on any atom is 0.255 e. The fraction of sp³-hybridized carbons (Fsp3) is 0.407. The smallest absolute Gasteiger partial charge is 0.255 e. The molecule has 0 aliphatic carbocycles. The predicted molar refractivity (Wildman–Crippen MR) is 138 cm³/mol. The van der Waals surface area contributed by atoms with Crippen molar-refractivity contribution in [2.24, 2.45) is 10.9 Å². The third kappa shape index (κ3) is 7.95. The van der Waals surface area contributed by atoms with Gasteiger partial charge in [0.2, 0.25) is 11.8 Å². The van der Waals surface area contributed by atoms with Gasteiger partial charge in [-0.1, -0.05) is 63.2 Å². The SMILES string of the molecule is CCC(=NC)C(NC(=O)c1ccccc1O)C(C)NC(=O)C(Cc1ccccc1)NC(=O)C(C)C. The van der Waals surface area contributed by atoms with Crippen LogP contribution in [0.2, 0.25) is 0 Å². The topological polar surface area (TPSA) is 120 Å². The van der Waals surface area contributed by atoms with E-state index >= 15 is 0 Å². The maximum absolute atomic E-state index is 13.3. The highest BCUT2D eigenvalue weighted by atomic mass is 16.3. The van der Waals surface area contributed by atoms with E-state index in [0.29, 0.717) is 18.6 Å². The number of nitrogens with zero attached hydrogens (tertiary/aromatic N) is 1. The molecule has 0 aliphatic heterocycles. The average molecular weight is 481 g/mol. The van der Waals surface area contributed by atoms with Gasteiger partial charge in [0.25, 0.3) is 5.91 Å². The molecule has 0 heterocycles. The zero-order valence-corrected chi connectivity index (χ0v) is 21.0. The highest BCUT2D eigenvalue weighted by molar-refractivity contribution is 6.01. The molecule has 0 aromatic heterocycles. The number of benzene rings is 2. The molecule has 3 unspecified atom stereocenters. The normalized spacial score (nSPS) is 14.1. The summed E-state index contributed by atoms with van der Waals surface area (Å²) in [6.07, 6.45) is 0.884. The lowest BCUT2D eigenvalue weighted by molar-refractivity contribution is -0.130. The Hall–Kier alpha value is -3.68. The Morgan fingerprint density at radius 1 is 0.886 bits per heavy atom. The van der Waals surface area contributed by atoms with Crippen LogP contribution in [0.5, 0.6) is 5.75 Å². The molecule has 0 aliphatic rings. The second-order valence-electron chi connectivity index (χ2n) is 8.74. The molecule has 2 aromatic rings. The lowest BCUT2D eigenvalue weighted by Crippen LogP contribution is -2.58. The van der Waals surface area contributed by atoms with Crippen molar-refractivity contribution in [3.05, 3.63) is 65.7 Å². The summed E-state index contributed by atoms with van der Waals surface area (Å²) in [5.41, 5.74) is 1.74. The Bertz CT molecular complexity index is 1040. The molecule has 4 N–H and O–H groups in total. The molecular weight excluding hydrogens is 444 g/mol. The van der Waals surface area contributed by atoms with Crippen LogP contribution in [-0.2, 0) is 16.0 Å². The highest BCUT2D eigenvalue weighted by Gasteiger charge is 2.29. The minimum atomic E-state index is -0.784. The van der Waals surface area contributed by atoms with Gasteiger partial charge in [-0.2, -0.15) is 0 Å². The van der Waals surface area contributed by atoms with Gasteiger partial charge >= 0.3 is 0 Å². The van der Waals surface area contributed by atoms with E-state index in [0.717, 1.165) is 5.56 Å². The van der Waals surface area contributed by atoms with E-state index in [1.807, 2.05) is 37.3 Å². The van der Waals surface area contributed by atoms with E-state index < -0.39 is 24.0 Å². The minimum Gasteiger partial charge on any atom is -0.507 e. The monoisotopic (exact) mass is 480 g/mol. The number of carbonyl (C=O) groups is 3. The van der Waals surface area contributed by atoms with Gasteiger partial charge in [-0.15, -0.1) is 0 Å². The van der Waals surface area contributed by atoms with Crippen molar-refractivity contribution in [3.8, 4) is 5.75 Å². The molecule has 0 fully saturated rings. The van der Waals surface area contributed by atoms with Crippen molar-refractivity contribution in [1.82, 2.24) is 16.0 Å². The molecule has 3 amide bonds. The van der Waals surface area contributed by atoms with Gasteiger partial charge in [-0.3, -0.25) is 19.4 Å². The highest BCUT2D eigenvalue weighted by Crippen LogP contribution is 2.16. The van der Waals surface area contributed by atoms with Crippen molar-refractivity contribution in [1.29, 1.82) is 0 Å². The van der Waals surface area contributed by atoms with Gasteiger partial charge < -0.3 is 21.1 Å². The van der Waals surface area contributed by atoms with Gasteiger partial charge in [0, 0.05) is 25.1 Å². The Labute approximate surface area is 207 Å². The first kappa shape index (κ1) is 27.6. The third-order valence-corrected chi connectivity index (χ3v) is 5.75. The number of nitrogens with one attached hydrogen (secondary N) is 3. The number of phenols is 1. The van der Waals surface area contributed by atoms with Crippen molar-refractivity contribution in [3.63, 3.8) is 0 Å². The quantitative estimate of drug-likeness (QED) is 0.370. The van der Waals surface area contributed by atoms with Gasteiger partial charge in [0.05, 0.1) is 17.6 Å². The standard InChI is InChI=1S/C27H36N4O4/c1-6-21(28-5)24(31-26(34)20-14-10-11-15-23(20)32)18(4)29-27(35)22(30-25(33)17(2)3)16-19-12-8-7-9-13-19/h7-15,17-18,22,24,32H,6,16H2,1-5H3,(H,29,35)(H,30,33)(H,31,34). The second-order valence-corrected chi connectivity index (χ2v) is 8.74. The van der Waals surface area contributed by atoms with Crippen LogP contribution in [-0.4, -0.2) is 53.7 Å².